The molecule has 45 heavy (non-hydrogen) atoms. The van der Waals surface area contributed by atoms with E-state index in [1.807, 2.05) is 31.7 Å². The Hall–Kier alpha value is -4.32. The largest absolute Gasteiger partial charge is 0.384 e. The number of aromatic nitrogens is 3. The standard InChI is InChI=1S/C33H35F2N7O2S/c1-6-25-30(28(36-5)18(3)4)42-32-19(31(39-33(42)44)41-14-13-40(26(43)7-2)23-17-24(23)41)16-21(35)29(38-32)27-20(34)10-8-11-22(27)37-12-9-15-45-25/h6-8,10-11,16,18,23-24,37H,2,5,9,12-15,17H2,1,3-4H3/b25-6+,30-28+/t23-,24+/m0/s1. The molecule has 1 N–H and O–H groups in total. The number of hydrogen-bond donors (Lipinski definition) is 1. The van der Waals surface area contributed by atoms with Gasteiger partial charge in [0.05, 0.1) is 34.4 Å². The summed E-state index contributed by atoms with van der Waals surface area (Å²) in [5, 5.41) is 3.56. The molecule has 2 aliphatic heterocycles. The molecule has 0 radical (unpaired) electrons. The molecule has 3 aromatic rings. The summed E-state index contributed by atoms with van der Waals surface area (Å²) in [4.78, 5) is 44.9. The Morgan fingerprint density at radius 1 is 1.20 bits per heavy atom. The Morgan fingerprint density at radius 3 is 2.71 bits per heavy atom. The van der Waals surface area contributed by atoms with Gasteiger partial charge in [-0.15, -0.1) is 11.8 Å². The molecule has 234 valence electrons. The van der Waals surface area contributed by atoms with Crippen molar-refractivity contribution < 1.29 is 13.6 Å². The minimum absolute atomic E-state index is 0.0114. The van der Waals surface area contributed by atoms with Crippen molar-refractivity contribution in [3.63, 3.8) is 0 Å². The highest BCUT2D eigenvalue weighted by Crippen LogP contribution is 2.43. The molecule has 2 bridgehead atoms. The Labute approximate surface area is 264 Å². The number of halogens is 2. The normalized spacial score (nSPS) is 21.8. The number of carbonyl (C=O) groups excluding carboxylic acids is 1. The van der Waals surface area contributed by atoms with E-state index in [1.165, 1.54) is 22.8 Å². The van der Waals surface area contributed by atoms with Gasteiger partial charge in [-0.3, -0.25) is 9.79 Å². The maximum absolute atomic E-state index is 16.3. The Balaban J connectivity index is 1.68. The van der Waals surface area contributed by atoms with Gasteiger partial charge in [0.25, 0.3) is 0 Å². The lowest BCUT2D eigenvalue weighted by molar-refractivity contribution is -0.126. The van der Waals surface area contributed by atoms with Crippen LogP contribution in [0.5, 0.6) is 0 Å². The van der Waals surface area contributed by atoms with Crippen molar-refractivity contribution >= 4 is 52.6 Å². The third kappa shape index (κ3) is 5.34. The molecule has 2 atom stereocenters. The predicted molar refractivity (Wildman–Crippen MR) is 178 cm³/mol. The number of pyridine rings is 1. The van der Waals surface area contributed by atoms with E-state index in [2.05, 4.69) is 28.6 Å². The Bertz CT molecular complexity index is 1850. The number of rotatable bonds is 4. The molecular weight excluding hydrogens is 596 g/mol. The maximum atomic E-state index is 16.3. The van der Waals surface area contributed by atoms with Crippen molar-refractivity contribution in [1.29, 1.82) is 0 Å². The number of aliphatic imine (C=N–C) groups is 1. The second-order valence-corrected chi connectivity index (χ2v) is 12.7. The minimum atomic E-state index is -0.747. The van der Waals surface area contributed by atoms with Gasteiger partial charge in [-0.05, 0) is 62.4 Å². The van der Waals surface area contributed by atoms with Crippen LogP contribution < -0.4 is 15.9 Å². The first kappa shape index (κ1) is 30.7. The van der Waals surface area contributed by atoms with Crippen molar-refractivity contribution in [3.8, 4) is 11.3 Å². The molecule has 12 heteroatoms. The molecule has 1 saturated carbocycles. The van der Waals surface area contributed by atoms with Gasteiger partial charge >= 0.3 is 5.69 Å². The average molecular weight is 632 g/mol. The summed E-state index contributed by atoms with van der Waals surface area (Å²) in [5.41, 5.74) is 0.719. The molecule has 1 amide bonds. The highest BCUT2D eigenvalue weighted by Gasteiger charge is 2.51. The summed E-state index contributed by atoms with van der Waals surface area (Å²) in [6.45, 7) is 14.5. The number of carbonyl (C=O) groups is 1. The molecule has 2 fully saturated rings. The number of benzene rings is 1. The van der Waals surface area contributed by atoms with E-state index < -0.39 is 17.3 Å². The second kappa shape index (κ2) is 12.2. The average Bonchev–Trinajstić information content (AvgIpc) is 3.82. The zero-order valence-electron chi connectivity index (χ0n) is 25.5. The van der Waals surface area contributed by atoms with E-state index in [0.29, 0.717) is 60.7 Å². The summed E-state index contributed by atoms with van der Waals surface area (Å²) in [7, 11) is 0. The molecular formula is C33H35F2N7O2S. The highest BCUT2D eigenvalue weighted by atomic mass is 32.2. The quantitative estimate of drug-likeness (QED) is 0.292. The number of nitrogens with zero attached hydrogens (tertiary/aromatic N) is 6. The molecule has 0 unspecified atom stereocenters. The lowest BCUT2D eigenvalue weighted by atomic mass is 10.1. The molecule has 1 saturated heterocycles. The number of hydrogen-bond acceptors (Lipinski definition) is 8. The zero-order valence-corrected chi connectivity index (χ0v) is 26.3. The fourth-order valence-electron chi connectivity index (χ4n) is 6.30. The van der Waals surface area contributed by atoms with E-state index in [0.717, 1.165) is 4.91 Å². The molecule has 6 rings (SSSR count). The van der Waals surface area contributed by atoms with Gasteiger partial charge in [-0.2, -0.15) is 4.98 Å². The molecule has 1 aliphatic carbocycles. The summed E-state index contributed by atoms with van der Waals surface area (Å²) in [5.74, 6) is -0.698. The van der Waals surface area contributed by atoms with Crippen LogP contribution in [0.4, 0.5) is 20.3 Å². The van der Waals surface area contributed by atoms with Gasteiger partial charge in [0.1, 0.15) is 17.3 Å². The molecule has 4 heterocycles. The van der Waals surface area contributed by atoms with Crippen LogP contribution >= 0.6 is 11.8 Å². The van der Waals surface area contributed by atoms with Crippen LogP contribution in [-0.4, -0.2) is 69.5 Å². The van der Waals surface area contributed by atoms with Crippen LogP contribution in [0.3, 0.4) is 0 Å². The maximum Gasteiger partial charge on any atom is 0.355 e. The van der Waals surface area contributed by atoms with E-state index in [9.17, 15) is 9.59 Å². The number of fused-ring (bicyclic) bond motifs is 4. The summed E-state index contributed by atoms with van der Waals surface area (Å²) in [6, 6.07) is 5.67. The van der Waals surface area contributed by atoms with Crippen molar-refractivity contribution in [2.24, 2.45) is 10.9 Å². The van der Waals surface area contributed by atoms with E-state index >= 15 is 8.78 Å². The third-order valence-corrected chi connectivity index (χ3v) is 9.69. The number of anilines is 2. The third-order valence-electron chi connectivity index (χ3n) is 8.46. The van der Waals surface area contributed by atoms with E-state index in [1.54, 1.807) is 28.8 Å². The van der Waals surface area contributed by atoms with Crippen LogP contribution in [0.25, 0.3) is 28.0 Å². The topological polar surface area (TPSA) is 95.7 Å². The van der Waals surface area contributed by atoms with Crippen LogP contribution in [0.2, 0.25) is 0 Å². The molecule has 2 aromatic heterocycles. The van der Waals surface area contributed by atoms with Crippen LogP contribution in [0.1, 0.15) is 33.6 Å². The number of piperazine rings is 1. The van der Waals surface area contributed by atoms with Gasteiger partial charge in [0.2, 0.25) is 5.91 Å². The fourth-order valence-corrected chi connectivity index (χ4v) is 7.31. The monoisotopic (exact) mass is 631 g/mol. The first-order valence-electron chi connectivity index (χ1n) is 15.1. The van der Waals surface area contributed by atoms with Crippen LogP contribution in [-0.2, 0) is 4.79 Å². The summed E-state index contributed by atoms with van der Waals surface area (Å²) < 4.78 is 33.2. The molecule has 9 nitrogen and oxygen atoms in total. The smallest absolute Gasteiger partial charge is 0.355 e. The number of allylic oxidation sites excluding steroid dienone is 3. The van der Waals surface area contributed by atoms with Crippen LogP contribution in [0, 0.1) is 17.6 Å². The van der Waals surface area contributed by atoms with Gasteiger partial charge in [0, 0.05) is 30.2 Å². The first-order valence-corrected chi connectivity index (χ1v) is 16.0. The van der Waals surface area contributed by atoms with Crippen LogP contribution in [0.15, 0.2) is 63.4 Å². The highest BCUT2D eigenvalue weighted by molar-refractivity contribution is 8.03. The van der Waals surface area contributed by atoms with Gasteiger partial charge < -0.3 is 15.1 Å². The van der Waals surface area contributed by atoms with Crippen molar-refractivity contribution in [3.05, 3.63) is 75.7 Å². The molecule has 3 aliphatic rings. The second-order valence-electron chi connectivity index (χ2n) is 11.5. The lowest BCUT2D eigenvalue weighted by Gasteiger charge is -2.35. The number of amides is 1. The molecule has 0 spiro atoms. The fraction of sp³-hybridized carbons (Fsp3) is 0.364. The number of nitrogens with one attached hydrogen (secondary N) is 1. The van der Waals surface area contributed by atoms with Crippen molar-refractivity contribution in [2.45, 2.75) is 45.7 Å². The van der Waals surface area contributed by atoms with Gasteiger partial charge in [0.15, 0.2) is 11.5 Å². The van der Waals surface area contributed by atoms with Crippen molar-refractivity contribution in [2.75, 3.05) is 35.6 Å². The van der Waals surface area contributed by atoms with Gasteiger partial charge in [-0.25, -0.2) is 23.1 Å². The summed E-state index contributed by atoms with van der Waals surface area (Å²) >= 11 is 1.56. The van der Waals surface area contributed by atoms with E-state index in [-0.39, 0.29) is 46.6 Å². The predicted octanol–water partition coefficient (Wildman–Crippen LogP) is 5.69. The van der Waals surface area contributed by atoms with E-state index in [4.69, 9.17) is 4.98 Å². The van der Waals surface area contributed by atoms with Gasteiger partial charge in [-0.1, -0.05) is 32.6 Å². The minimum Gasteiger partial charge on any atom is -0.384 e. The number of thioether (sulfide) groups is 1. The zero-order chi connectivity index (χ0) is 32.0. The summed E-state index contributed by atoms with van der Waals surface area (Å²) in [6.07, 6.45) is 4.61. The molecule has 1 aromatic carbocycles. The lowest BCUT2D eigenvalue weighted by Crippen LogP contribution is -2.49. The van der Waals surface area contributed by atoms with Crippen molar-refractivity contribution in [1.82, 2.24) is 19.4 Å². The first-order chi connectivity index (χ1) is 21.7. The SMILES string of the molecule is C=CC(=O)N1CCN(c2nc(=O)n3c4nc(c(F)cc24)-c2c(F)cccc2NCCCSC(=C/C)/C3=C(\N=C)C(C)C)[C@@H]2C[C@@H]21. The Morgan fingerprint density at radius 2 is 2.00 bits per heavy atom. The Kier molecular flexibility index (Phi) is 8.34.